The van der Waals surface area contributed by atoms with Crippen LogP contribution in [0.1, 0.15) is 56.7 Å². The number of carbonyl (C=O) groups excluding carboxylic acids is 1. The maximum Gasteiger partial charge on any atom is 0.409 e. The summed E-state index contributed by atoms with van der Waals surface area (Å²) in [4.78, 5) is 19.6. The minimum absolute atomic E-state index is 0.146. The molecular weight excluding hydrogens is 432 g/mol. The molecule has 1 aliphatic rings. The van der Waals surface area contributed by atoms with E-state index in [9.17, 15) is 9.18 Å². The van der Waals surface area contributed by atoms with Gasteiger partial charge in [0.2, 0.25) is 6.36 Å². The molecule has 8 heteroatoms. The van der Waals surface area contributed by atoms with E-state index in [4.69, 9.17) is 4.74 Å². The van der Waals surface area contributed by atoms with Crippen LogP contribution in [0.25, 0.3) is 0 Å². The fourth-order valence-electron chi connectivity index (χ4n) is 4.24. The Balaban J connectivity index is 1.80. The van der Waals surface area contributed by atoms with E-state index in [0.717, 1.165) is 27.5 Å². The summed E-state index contributed by atoms with van der Waals surface area (Å²) < 4.78 is 34.3. The number of nitrogens with one attached hydrogen (secondary N) is 1. The number of rotatable bonds is 8. The third kappa shape index (κ3) is 5.64. The first-order chi connectivity index (χ1) is 15.0. The van der Waals surface area contributed by atoms with E-state index in [0.29, 0.717) is 32.4 Å². The molecule has 0 radical (unpaired) electrons. The van der Waals surface area contributed by atoms with Crippen molar-refractivity contribution >= 4 is 17.4 Å². The van der Waals surface area contributed by atoms with E-state index in [1.807, 2.05) is 19.2 Å². The molecule has 1 fully saturated rings. The van der Waals surface area contributed by atoms with E-state index in [-0.39, 0.29) is 16.7 Å². The predicted molar refractivity (Wildman–Crippen MR) is 123 cm³/mol. The molecule has 1 aliphatic heterocycles. The number of aromatic nitrogens is 1. The zero-order valence-electron chi connectivity index (χ0n) is 19.5. The van der Waals surface area contributed by atoms with Gasteiger partial charge in [0, 0.05) is 34.9 Å². The maximum absolute atomic E-state index is 15.6. The van der Waals surface area contributed by atoms with Crippen LogP contribution in [-0.2, 0) is 16.7 Å². The molecule has 3 heterocycles. The third-order valence-electron chi connectivity index (χ3n) is 6.39. The van der Waals surface area contributed by atoms with Crippen molar-refractivity contribution in [3.05, 3.63) is 51.7 Å². The molecule has 32 heavy (non-hydrogen) atoms. The summed E-state index contributed by atoms with van der Waals surface area (Å²) >= 11 is 1.08. The first-order valence-electron chi connectivity index (χ1n) is 11.1. The van der Waals surface area contributed by atoms with Crippen LogP contribution in [0.2, 0.25) is 0 Å². The Morgan fingerprint density at radius 1 is 1.34 bits per heavy atom. The van der Waals surface area contributed by atoms with Crippen molar-refractivity contribution in [2.45, 2.75) is 71.8 Å². The molecule has 176 valence electrons. The lowest BCUT2D eigenvalue weighted by molar-refractivity contribution is -0.0842. The molecule has 2 aromatic heterocycles. The van der Waals surface area contributed by atoms with Gasteiger partial charge in [0.15, 0.2) is 5.13 Å². The van der Waals surface area contributed by atoms with E-state index in [1.165, 1.54) is 6.07 Å². The fourth-order valence-corrected chi connectivity index (χ4v) is 4.96. The van der Waals surface area contributed by atoms with Gasteiger partial charge in [-0.2, -0.15) is 4.39 Å². The van der Waals surface area contributed by atoms with Gasteiger partial charge in [0.1, 0.15) is 0 Å². The topological polar surface area (TPSA) is 54.5 Å². The van der Waals surface area contributed by atoms with Crippen molar-refractivity contribution in [3.8, 4) is 0 Å². The van der Waals surface area contributed by atoms with Gasteiger partial charge in [-0.05, 0) is 84.2 Å². The summed E-state index contributed by atoms with van der Waals surface area (Å²) in [5.74, 6) is 0. The number of nitrogens with zero attached hydrogens (tertiary/aromatic N) is 2. The van der Waals surface area contributed by atoms with Crippen LogP contribution in [0.4, 0.5) is 13.6 Å². The number of amides is 1. The fraction of sp³-hybridized carbons (Fsp3) is 0.583. The number of halogens is 2. The average Bonchev–Trinajstić information content (AvgIpc) is 3.33. The summed E-state index contributed by atoms with van der Waals surface area (Å²) in [5.41, 5.74) is 0.756. The second-order valence-electron chi connectivity index (χ2n) is 9.51. The number of carbonyl (C=O) groups is 1. The largest absolute Gasteiger partial charge is 0.414 e. The van der Waals surface area contributed by atoms with Crippen molar-refractivity contribution in [2.24, 2.45) is 5.41 Å². The van der Waals surface area contributed by atoms with Crippen molar-refractivity contribution in [2.75, 3.05) is 13.1 Å². The molecule has 1 amide bonds. The summed E-state index contributed by atoms with van der Waals surface area (Å²) in [7, 11) is 0. The first kappa shape index (κ1) is 24.6. The lowest BCUT2D eigenvalue weighted by atomic mass is 9.81. The summed E-state index contributed by atoms with van der Waals surface area (Å²) in [6.45, 7) is 10.8. The zero-order valence-corrected chi connectivity index (χ0v) is 20.3. The van der Waals surface area contributed by atoms with Crippen molar-refractivity contribution in [1.82, 2.24) is 15.2 Å². The smallest absolute Gasteiger partial charge is 0.409 e. The van der Waals surface area contributed by atoms with Crippen LogP contribution in [0, 0.1) is 17.5 Å². The SMILES string of the molecule is Cc1ccc(C(C)(C)N2CC[C@@](CCc3ccc(F)s3)([C@H](F)OC(=O)NC(C)C)C2)cn1. The third-order valence-corrected chi connectivity index (χ3v) is 7.32. The monoisotopic (exact) mass is 465 g/mol. The predicted octanol–water partition coefficient (Wildman–Crippen LogP) is 5.58. The number of alkyl carbamates (subject to hydrolysis) is 1. The molecule has 2 aromatic rings. The van der Waals surface area contributed by atoms with E-state index >= 15 is 4.39 Å². The van der Waals surface area contributed by atoms with E-state index in [2.05, 4.69) is 35.1 Å². The number of aryl methyl sites for hydroxylation is 2. The highest BCUT2D eigenvalue weighted by atomic mass is 32.1. The highest BCUT2D eigenvalue weighted by molar-refractivity contribution is 7.10. The molecule has 5 nitrogen and oxygen atoms in total. The second-order valence-corrected chi connectivity index (χ2v) is 10.6. The number of likely N-dealkylation sites (tertiary alicyclic amines) is 1. The number of thiophene rings is 1. The Bertz CT molecular complexity index is 916. The maximum atomic E-state index is 15.6. The van der Waals surface area contributed by atoms with Crippen LogP contribution in [-0.4, -0.2) is 41.5 Å². The molecular formula is C24H33F2N3O2S. The Kier molecular flexibility index (Phi) is 7.55. The molecule has 0 spiro atoms. The van der Waals surface area contributed by atoms with E-state index < -0.39 is 17.9 Å². The lowest BCUT2D eigenvalue weighted by Gasteiger charge is -2.38. The van der Waals surface area contributed by atoms with Gasteiger partial charge in [0.05, 0.1) is 5.41 Å². The van der Waals surface area contributed by atoms with Gasteiger partial charge >= 0.3 is 6.09 Å². The molecule has 0 unspecified atom stereocenters. The normalized spacial score (nSPS) is 20.5. The second kappa shape index (κ2) is 9.83. The molecule has 3 rings (SSSR count). The Morgan fingerprint density at radius 2 is 2.09 bits per heavy atom. The number of hydrogen-bond donors (Lipinski definition) is 1. The quantitative estimate of drug-likeness (QED) is 0.553. The number of alkyl halides is 1. The van der Waals surface area contributed by atoms with Gasteiger partial charge in [-0.25, -0.2) is 9.18 Å². The standard InChI is InChI=1S/C24H33F2N3O2S/c1-16(2)28-22(30)31-21(26)24(11-10-19-8-9-20(25)32-19)12-13-29(15-24)23(4,5)18-7-6-17(3)27-14-18/h6-9,14,16,21H,10-13,15H2,1-5H3,(H,28,30)/t21-,24-/m1/s1. The van der Waals surface area contributed by atoms with Gasteiger partial charge < -0.3 is 10.1 Å². The van der Waals surface area contributed by atoms with Crippen molar-refractivity contribution in [3.63, 3.8) is 0 Å². The van der Waals surface area contributed by atoms with E-state index in [1.54, 1.807) is 19.9 Å². The number of pyridine rings is 1. The Morgan fingerprint density at radius 3 is 2.69 bits per heavy atom. The highest BCUT2D eigenvalue weighted by Gasteiger charge is 2.50. The Labute approximate surface area is 193 Å². The van der Waals surface area contributed by atoms with Crippen LogP contribution >= 0.6 is 11.3 Å². The number of hydrogen-bond acceptors (Lipinski definition) is 5. The van der Waals surface area contributed by atoms with Crippen molar-refractivity contribution in [1.29, 1.82) is 0 Å². The van der Waals surface area contributed by atoms with Gasteiger partial charge in [-0.1, -0.05) is 6.07 Å². The molecule has 0 aliphatic carbocycles. The van der Waals surface area contributed by atoms with Gasteiger partial charge in [-0.15, -0.1) is 11.3 Å². The van der Waals surface area contributed by atoms with Crippen LogP contribution in [0.15, 0.2) is 30.5 Å². The lowest BCUT2D eigenvalue weighted by Crippen LogP contribution is -2.45. The summed E-state index contributed by atoms with van der Waals surface area (Å²) in [6.07, 6.45) is 0.882. The van der Waals surface area contributed by atoms with Crippen LogP contribution in [0.3, 0.4) is 0 Å². The van der Waals surface area contributed by atoms with Gasteiger partial charge in [-0.3, -0.25) is 9.88 Å². The first-order valence-corrected chi connectivity index (χ1v) is 11.9. The highest BCUT2D eigenvalue weighted by Crippen LogP contribution is 2.45. The average molecular weight is 466 g/mol. The minimum Gasteiger partial charge on any atom is -0.414 e. The molecule has 0 saturated carbocycles. The molecule has 1 N–H and O–H groups in total. The Hall–Kier alpha value is -2.06. The molecule has 0 aromatic carbocycles. The van der Waals surface area contributed by atoms with Crippen molar-refractivity contribution < 1.29 is 18.3 Å². The van der Waals surface area contributed by atoms with Crippen LogP contribution in [0.5, 0.6) is 0 Å². The van der Waals surface area contributed by atoms with Gasteiger partial charge in [0.25, 0.3) is 0 Å². The zero-order chi connectivity index (χ0) is 23.5. The summed E-state index contributed by atoms with van der Waals surface area (Å²) in [5, 5.41) is 2.34. The molecule has 1 saturated heterocycles. The summed E-state index contributed by atoms with van der Waals surface area (Å²) in [6, 6.07) is 7.05. The number of ether oxygens (including phenoxy) is 1. The minimum atomic E-state index is -1.76. The van der Waals surface area contributed by atoms with Crippen LogP contribution < -0.4 is 5.32 Å². The molecule has 2 atom stereocenters. The molecule has 0 bridgehead atoms.